The minimum atomic E-state index is -0.765. The Hall–Kier alpha value is -0.960. The summed E-state index contributed by atoms with van der Waals surface area (Å²) in [6, 6.07) is 4.70. The van der Waals surface area contributed by atoms with Crippen molar-refractivity contribution >= 4 is 0 Å². The topological polar surface area (TPSA) is 12.0 Å². The SMILES string of the molecule is CC(C)NCC1(Cc2ccc(F)c(F)c2)CC1. The van der Waals surface area contributed by atoms with Crippen LogP contribution in [-0.4, -0.2) is 12.6 Å². The van der Waals surface area contributed by atoms with E-state index in [-0.39, 0.29) is 5.41 Å². The van der Waals surface area contributed by atoms with Crippen molar-refractivity contribution in [3.63, 3.8) is 0 Å². The summed E-state index contributed by atoms with van der Waals surface area (Å²) in [5, 5.41) is 3.43. The fourth-order valence-corrected chi connectivity index (χ4v) is 2.10. The Morgan fingerprint density at radius 3 is 2.47 bits per heavy atom. The molecule has 0 spiro atoms. The summed E-state index contributed by atoms with van der Waals surface area (Å²) in [5.74, 6) is -1.51. The highest BCUT2D eigenvalue weighted by molar-refractivity contribution is 5.21. The van der Waals surface area contributed by atoms with Crippen LogP contribution in [0.5, 0.6) is 0 Å². The lowest BCUT2D eigenvalue weighted by atomic mass is 9.96. The van der Waals surface area contributed by atoms with Gasteiger partial charge in [0, 0.05) is 12.6 Å². The van der Waals surface area contributed by atoms with Gasteiger partial charge in [-0.1, -0.05) is 19.9 Å². The van der Waals surface area contributed by atoms with Gasteiger partial charge in [-0.05, 0) is 42.4 Å². The number of nitrogens with one attached hydrogen (secondary N) is 1. The maximum atomic E-state index is 13.1. The molecule has 0 aromatic heterocycles. The van der Waals surface area contributed by atoms with Crippen LogP contribution >= 0.6 is 0 Å². The molecule has 0 radical (unpaired) electrons. The predicted octanol–water partition coefficient (Wildman–Crippen LogP) is 3.29. The molecule has 1 fully saturated rings. The lowest BCUT2D eigenvalue weighted by Crippen LogP contribution is -2.31. The summed E-state index contributed by atoms with van der Waals surface area (Å²) in [6.45, 7) is 5.20. The fourth-order valence-electron chi connectivity index (χ4n) is 2.10. The second-order valence-corrected chi connectivity index (χ2v) is 5.46. The Balaban J connectivity index is 1.98. The standard InChI is InChI=1S/C14H19F2N/c1-10(2)17-9-14(5-6-14)8-11-3-4-12(15)13(16)7-11/h3-4,7,10,17H,5-6,8-9H2,1-2H3. The summed E-state index contributed by atoms with van der Waals surface area (Å²) in [6.07, 6.45) is 3.18. The van der Waals surface area contributed by atoms with Crippen molar-refractivity contribution in [3.8, 4) is 0 Å². The van der Waals surface area contributed by atoms with Gasteiger partial charge in [-0.3, -0.25) is 0 Å². The van der Waals surface area contributed by atoms with E-state index in [0.717, 1.165) is 18.5 Å². The molecule has 1 nitrogen and oxygen atoms in total. The average molecular weight is 239 g/mol. The molecule has 0 aliphatic heterocycles. The molecule has 0 amide bonds. The third-order valence-corrected chi connectivity index (χ3v) is 3.41. The maximum absolute atomic E-state index is 13.1. The molecular weight excluding hydrogens is 220 g/mol. The first kappa shape index (κ1) is 12.5. The van der Waals surface area contributed by atoms with E-state index in [1.54, 1.807) is 6.07 Å². The Kier molecular flexibility index (Phi) is 3.48. The zero-order valence-corrected chi connectivity index (χ0v) is 10.4. The number of benzene rings is 1. The molecule has 0 heterocycles. The highest BCUT2D eigenvalue weighted by Gasteiger charge is 2.42. The third kappa shape index (κ3) is 3.25. The Morgan fingerprint density at radius 2 is 1.94 bits per heavy atom. The highest BCUT2D eigenvalue weighted by Crippen LogP contribution is 2.47. The highest BCUT2D eigenvalue weighted by atomic mass is 19.2. The fraction of sp³-hybridized carbons (Fsp3) is 0.571. The van der Waals surface area contributed by atoms with Crippen LogP contribution in [0, 0.1) is 17.0 Å². The lowest BCUT2D eigenvalue weighted by molar-refractivity contribution is 0.427. The molecule has 1 saturated carbocycles. The predicted molar refractivity (Wildman–Crippen MR) is 64.9 cm³/mol. The summed E-state index contributed by atoms with van der Waals surface area (Å²) in [5.41, 5.74) is 1.17. The number of hydrogen-bond donors (Lipinski definition) is 1. The van der Waals surface area contributed by atoms with Gasteiger partial charge in [0.25, 0.3) is 0 Å². The molecule has 1 N–H and O–H groups in total. The van der Waals surface area contributed by atoms with Crippen molar-refractivity contribution in [2.75, 3.05) is 6.54 Å². The second-order valence-electron chi connectivity index (χ2n) is 5.46. The molecule has 3 heteroatoms. The monoisotopic (exact) mass is 239 g/mol. The Labute approximate surface area is 101 Å². The molecule has 0 saturated heterocycles. The van der Waals surface area contributed by atoms with Crippen LogP contribution in [0.25, 0.3) is 0 Å². The molecule has 0 unspecified atom stereocenters. The van der Waals surface area contributed by atoms with Crippen LogP contribution < -0.4 is 5.32 Å². The van der Waals surface area contributed by atoms with E-state index in [0.29, 0.717) is 6.04 Å². The van der Waals surface area contributed by atoms with Crippen molar-refractivity contribution in [2.45, 2.75) is 39.2 Å². The molecule has 94 valence electrons. The molecule has 1 aromatic carbocycles. The van der Waals surface area contributed by atoms with Crippen LogP contribution in [0.2, 0.25) is 0 Å². The molecule has 0 bridgehead atoms. The summed E-state index contributed by atoms with van der Waals surface area (Å²) in [7, 11) is 0. The van der Waals surface area contributed by atoms with E-state index >= 15 is 0 Å². The van der Waals surface area contributed by atoms with Crippen LogP contribution in [0.1, 0.15) is 32.3 Å². The van der Waals surface area contributed by atoms with Crippen LogP contribution in [0.3, 0.4) is 0 Å². The van der Waals surface area contributed by atoms with Crippen LogP contribution in [0.15, 0.2) is 18.2 Å². The zero-order valence-electron chi connectivity index (χ0n) is 10.4. The van der Waals surface area contributed by atoms with E-state index in [1.165, 1.54) is 25.0 Å². The third-order valence-electron chi connectivity index (χ3n) is 3.41. The first-order valence-electron chi connectivity index (χ1n) is 6.18. The van der Waals surface area contributed by atoms with Gasteiger partial charge in [0.15, 0.2) is 11.6 Å². The number of halogens is 2. The van der Waals surface area contributed by atoms with E-state index < -0.39 is 11.6 Å². The van der Waals surface area contributed by atoms with Gasteiger partial charge in [0.05, 0.1) is 0 Å². The van der Waals surface area contributed by atoms with Gasteiger partial charge < -0.3 is 5.32 Å². The van der Waals surface area contributed by atoms with Crippen molar-refractivity contribution in [1.29, 1.82) is 0 Å². The molecular formula is C14H19F2N. The summed E-state index contributed by atoms with van der Waals surface area (Å²) < 4.78 is 25.9. The van der Waals surface area contributed by atoms with Gasteiger partial charge in [0.1, 0.15) is 0 Å². The van der Waals surface area contributed by atoms with Gasteiger partial charge in [-0.2, -0.15) is 0 Å². The van der Waals surface area contributed by atoms with Gasteiger partial charge >= 0.3 is 0 Å². The molecule has 1 aliphatic rings. The number of rotatable bonds is 5. The van der Waals surface area contributed by atoms with E-state index in [2.05, 4.69) is 19.2 Å². The smallest absolute Gasteiger partial charge is 0.159 e. The molecule has 2 rings (SSSR count). The number of hydrogen-bond acceptors (Lipinski definition) is 1. The van der Waals surface area contributed by atoms with Gasteiger partial charge in [-0.25, -0.2) is 8.78 Å². The molecule has 1 aliphatic carbocycles. The molecule has 1 aromatic rings. The Morgan fingerprint density at radius 1 is 1.24 bits per heavy atom. The lowest BCUT2D eigenvalue weighted by Gasteiger charge is -2.18. The summed E-state index contributed by atoms with van der Waals surface area (Å²) >= 11 is 0. The van der Waals surface area contributed by atoms with Gasteiger partial charge in [0.2, 0.25) is 0 Å². The van der Waals surface area contributed by atoms with E-state index in [1.807, 2.05) is 0 Å². The minimum absolute atomic E-state index is 0.272. The quantitative estimate of drug-likeness (QED) is 0.831. The van der Waals surface area contributed by atoms with Crippen LogP contribution in [0.4, 0.5) is 8.78 Å². The van der Waals surface area contributed by atoms with E-state index in [4.69, 9.17) is 0 Å². The summed E-state index contributed by atoms with van der Waals surface area (Å²) in [4.78, 5) is 0. The van der Waals surface area contributed by atoms with Crippen molar-refractivity contribution in [2.24, 2.45) is 5.41 Å². The average Bonchev–Trinajstić information content (AvgIpc) is 3.02. The minimum Gasteiger partial charge on any atom is -0.314 e. The maximum Gasteiger partial charge on any atom is 0.159 e. The van der Waals surface area contributed by atoms with E-state index in [9.17, 15) is 8.78 Å². The van der Waals surface area contributed by atoms with Crippen LogP contribution in [-0.2, 0) is 6.42 Å². The van der Waals surface area contributed by atoms with Crippen molar-refractivity contribution < 1.29 is 8.78 Å². The van der Waals surface area contributed by atoms with Gasteiger partial charge in [-0.15, -0.1) is 0 Å². The first-order chi connectivity index (χ1) is 8.01. The second kappa shape index (κ2) is 4.73. The Bertz CT molecular complexity index is 397. The normalized spacial score (nSPS) is 17.5. The zero-order chi connectivity index (χ0) is 12.5. The first-order valence-corrected chi connectivity index (χ1v) is 6.18. The largest absolute Gasteiger partial charge is 0.314 e. The molecule has 17 heavy (non-hydrogen) atoms. The molecule has 0 atom stereocenters. The van der Waals surface area contributed by atoms with Crippen molar-refractivity contribution in [1.82, 2.24) is 5.32 Å². The van der Waals surface area contributed by atoms with Crippen molar-refractivity contribution in [3.05, 3.63) is 35.4 Å².